The van der Waals surface area contributed by atoms with Crippen LogP contribution in [0.15, 0.2) is 48.6 Å². The Kier molecular flexibility index (Phi) is 9.86. The number of unbranched alkanes of at least 4 members (excludes halogenated alkanes) is 1. The van der Waals surface area contributed by atoms with Crippen LogP contribution in [0, 0.1) is 11.8 Å². The van der Waals surface area contributed by atoms with E-state index in [4.69, 9.17) is 14.6 Å². The highest BCUT2D eigenvalue weighted by Gasteiger charge is 2.39. The third kappa shape index (κ3) is 7.82. The number of allylic oxidation sites excluding steroid dienone is 2. The highest BCUT2D eigenvalue weighted by Crippen LogP contribution is 2.36. The fourth-order valence-electron chi connectivity index (χ4n) is 3.61. The second-order valence-electron chi connectivity index (χ2n) is 7.54. The summed E-state index contributed by atoms with van der Waals surface area (Å²) < 4.78 is 10.6. The number of hydrogen-bond acceptors (Lipinski definition) is 6. The van der Waals surface area contributed by atoms with E-state index in [2.05, 4.69) is 0 Å². The van der Waals surface area contributed by atoms with Crippen molar-refractivity contribution in [3.8, 4) is 11.5 Å². The Morgan fingerprint density at radius 2 is 1.87 bits per heavy atom. The van der Waals surface area contributed by atoms with Gasteiger partial charge in [-0.3, -0.25) is 4.79 Å². The van der Waals surface area contributed by atoms with E-state index in [1.54, 1.807) is 43.5 Å². The SMILES string of the molecule is COc1ccc(OC[C@H](O)/C=C/[C@H]2C(O)CC(O)C2C/C=C\CCCC(=O)O)cc1. The largest absolute Gasteiger partial charge is 0.497 e. The minimum Gasteiger partial charge on any atom is -0.497 e. The maximum atomic E-state index is 10.5. The average Bonchev–Trinajstić information content (AvgIpc) is 2.99. The normalized spacial score (nSPS) is 25.1. The van der Waals surface area contributed by atoms with Gasteiger partial charge < -0.3 is 29.9 Å². The molecule has 1 aliphatic rings. The average molecular weight is 421 g/mol. The number of ether oxygens (including phenoxy) is 2. The molecule has 0 spiro atoms. The van der Waals surface area contributed by atoms with Gasteiger partial charge in [0.25, 0.3) is 0 Å². The van der Waals surface area contributed by atoms with Gasteiger partial charge >= 0.3 is 5.97 Å². The third-order valence-electron chi connectivity index (χ3n) is 5.29. The highest BCUT2D eigenvalue weighted by molar-refractivity contribution is 5.66. The number of benzene rings is 1. The summed E-state index contributed by atoms with van der Waals surface area (Å²) in [7, 11) is 1.58. The Morgan fingerprint density at radius 3 is 2.53 bits per heavy atom. The zero-order valence-electron chi connectivity index (χ0n) is 17.3. The van der Waals surface area contributed by atoms with Crippen molar-refractivity contribution in [2.75, 3.05) is 13.7 Å². The van der Waals surface area contributed by atoms with Crippen molar-refractivity contribution in [1.82, 2.24) is 0 Å². The lowest BCUT2D eigenvalue weighted by molar-refractivity contribution is -0.137. The van der Waals surface area contributed by atoms with Crippen molar-refractivity contribution in [2.24, 2.45) is 11.8 Å². The molecule has 0 aliphatic heterocycles. The summed E-state index contributed by atoms with van der Waals surface area (Å²) in [6.45, 7) is 0.0718. The van der Waals surface area contributed by atoms with Crippen LogP contribution in [0.25, 0.3) is 0 Å². The van der Waals surface area contributed by atoms with Crippen LogP contribution in [0.1, 0.15) is 32.1 Å². The van der Waals surface area contributed by atoms with Crippen molar-refractivity contribution < 1.29 is 34.7 Å². The molecule has 0 aromatic heterocycles. The van der Waals surface area contributed by atoms with E-state index in [1.165, 1.54) is 0 Å². The Labute approximate surface area is 177 Å². The number of methoxy groups -OCH3 is 1. The second kappa shape index (κ2) is 12.4. The lowest BCUT2D eigenvalue weighted by Gasteiger charge is -2.19. The molecule has 166 valence electrons. The molecule has 4 N–H and O–H groups in total. The first-order valence-electron chi connectivity index (χ1n) is 10.3. The molecule has 1 aromatic rings. The molecule has 2 rings (SSSR count). The summed E-state index contributed by atoms with van der Waals surface area (Å²) in [4.78, 5) is 10.5. The first-order chi connectivity index (χ1) is 14.4. The van der Waals surface area contributed by atoms with Gasteiger partial charge in [-0.1, -0.05) is 24.3 Å². The third-order valence-corrected chi connectivity index (χ3v) is 5.29. The van der Waals surface area contributed by atoms with Gasteiger partial charge in [0.15, 0.2) is 0 Å². The first kappa shape index (κ1) is 23.9. The van der Waals surface area contributed by atoms with E-state index in [1.807, 2.05) is 12.2 Å². The van der Waals surface area contributed by atoms with Crippen LogP contribution in [0.4, 0.5) is 0 Å². The van der Waals surface area contributed by atoms with Gasteiger partial charge in [0.05, 0.1) is 19.3 Å². The van der Waals surface area contributed by atoms with Crippen LogP contribution < -0.4 is 9.47 Å². The quantitative estimate of drug-likeness (QED) is 0.303. The zero-order chi connectivity index (χ0) is 21.9. The summed E-state index contributed by atoms with van der Waals surface area (Å²) in [5, 5.41) is 39.4. The summed E-state index contributed by atoms with van der Waals surface area (Å²) in [6.07, 6.45) is 7.32. The van der Waals surface area contributed by atoms with Gasteiger partial charge in [-0.2, -0.15) is 0 Å². The highest BCUT2D eigenvalue weighted by atomic mass is 16.5. The van der Waals surface area contributed by atoms with Crippen molar-refractivity contribution >= 4 is 5.97 Å². The molecule has 1 saturated carbocycles. The maximum absolute atomic E-state index is 10.5. The Bertz CT molecular complexity index is 698. The van der Waals surface area contributed by atoms with Crippen LogP contribution in [-0.2, 0) is 4.79 Å². The number of aliphatic hydroxyl groups excluding tert-OH is 3. The molecule has 1 aromatic carbocycles. The van der Waals surface area contributed by atoms with Crippen LogP contribution in [0.5, 0.6) is 11.5 Å². The first-order valence-corrected chi connectivity index (χ1v) is 10.3. The monoisotopic (exact) mass is 420 g/mol. The molecule has 7 nitrogen and oxygen atoms in total. The predicted octanol–water partition coefficient (Wildman–Crippen LogP) is 2.55. The molecular weight excluding hydrogens is 388 g/mol. The second-order valence-corrected chi connectivity index (χ2v) is 7.54. The van der Waals surface area contributed by atoms with Gasteiger partial charge in [-0.05, 0) is 49.4 Å². The summed E-state index contributed by atoms with van der Waals surface area (Å²) in [5.74, 6) is 0.113. The molecule has 0 radical (unpaired) electrons. The van der Waals surface area contributed by atoms with Crippen molar-refractivity contribution in [2.45, 2.75) is 50.4 Å². The fraction of sp³-hybridized carbons (Fsp3) is 0.522. The van der Waals surface area contributed by atoms with Crippen LogP contribution >= 0.6 is 0 Å². The summed E-state index contributed by atoms with van der Waals surface area (Å²) in [5.41, 5.74) is 0. The number of hydrogen-bond donors (Lipinski definition) is 4. The van der Waals surface area contributed by atoms with Gasteiger partial charge in [0, 0.05) is 18.8 Å². The predicted molar refractivity (Wildman–Crippen MR) is 112 cm³/mol. The van der Waals surface area contributed by atoms with Gasteiger partial charge in [-0.25, -0.2) is 0 Å². The number of aliphatic carboxylic acids is 1. The van der Waals surface area contributed by atoms with Gasteiger partial charge in [0.1, 0.15) is 24.2 Å². The van der Waals surface area contributed by atoms with Crippen molar-refractivity contribution in [3.63, 3.8) is 0 Å². The number of carboxylic acids is 1. The molecule has 0 saturated heterocycles. The topological polar surface area (TPSA) is 116 Å². The molecular formula is C23H32O7. The molecule has 0 heterocycles. The van der Waals surface area contributed by atoms with Gasteiger partial charge in [-0.15, -0.1) is 0 Å². The molecule has 1 fully saturated rings. The minimum absolute atomic E-state index is 0.0718. The standard InChI is InChI=1S/C23H32O7/c1-29-17-9-11-18(12-10-17)30-15-16(24)8-13-20-19(21(25)14-22(20)26)6-4-2-3-5-7-23(27)28/h2,4,8-13,16,19-22,24-26H,3,5-7,14-15H2,1H3,(H,27,28)/b4-2-,13-8+/t16-,19?,20-,21?,22?/m1/s1. The van der Waals surface area contributed by atoms with E-state index < -0.39 is 24.3 Å². The molecule has 5 atom stereocenters. The summed E-state index contributed by atoms with van der Waals surface area (Å²) in [6, 6.07) is 7.05. The van der Waals surface area contributed by atoms with Gasteiger partial charge in [0.2, 0.25) is 0 Å². The van der Waals surface area contributed by atoms with E-state index in [-0.39, 0.29) is 24.9 Å². The lowest BCUT2D eigenvalue weighted by atomic mass is 9.89. The zero-order valence-corrected chi connectivity index (χ0v) is 17.3. The van der Waals surface area contributed by atoms with E-state index in [0.29, 0.717) is 31.4 Å². The molecule has 30 heavy (non-hydrogen) atoms. The number of carbonyl (C=O) groups is 1. The maximum Gasteiger partial charge on any atom is 0.303 e. The molecule has 0 bridgehead atoms. The number of rotatable bonds is 12. The van der Waals surface area contributed by atoms with E-state index in [9.17, 15) is 20.1 Å². The minimum atomic E-state index is -0.843. The fourth-order valence-corrected chi connectivity index (χ4v) is 3.61. The molecule has 1 aliphatic carbocycles. The van der Waals surface area contributed by atoms with Crippen molar-refractivity contribution in [1.29, 1.82) is 0 Å². The molecule has 0 amide bonds. The van der Waals surface area contributed by atoms with E-state index >= 15 is 0 Å². The Hall–Kier alpha value is -2.35. The Balaban J connectivity index is 1.82. The number of aliphatic hydroxyl groups is 3. The molecule has 3 unspecified atom stereocenters. The number of carboxylic acid groups (broad SMARTS) is 1. The van der Waals surface area contributed by atoms with Crippen LogP contribution in [0.2, 0.25) is 0 Å². The van der Waals surface area contributed by atoms with Crippen LogP contribution in [-0.4, -0.2) is 58.4 Å². The van der Waals surface area contributed by atoms with Crippen molar-refractivity contribution in [3.05, 3.63) is 48.6 Å². The lowest BCUT2D eigenvalue weighted by Crippen LogP contribution is -2.21. The van der Waals surface area contributed by atoms with Crippen LogP contribution in [0.3, 0.4) is 0 Å². The Morgan fingerprint density at radius 1 is 1.17 bits per heavy atom. The molecule has 7 heteroatoms. The smallest absolute Gasteiger partial charge is 0.303 e. The summed E-state index contributed by atoms with van der Waals surface area (Å²) >= 11 is 0. The van der Waals surface area contributed by atoms with E-state index in [0.717, 1.165) is 5.75 Å².